The Bertz CT molecular complexity index is 682. The molecule has 0 saturated heterocycles. The quantitative estimate of drug-likeness (QED) is 0.914. The molecule has 1 heterocycles. The van der Waals surface area contributed by atoms with Crippen LogP contribution in [0.3, 0.4) is 0 Å². The molecule has 2 rings (SSSR count). The second kappa shape index (κ2) is 6.42. The van der Waals surface area contributed by atoms with E-state index in [2.05, 4.69) is 23.4 Å². The maximum atomic E-state index is 8.97. The van der Waals surface area contributed by atoms with E-state index in [0.29, 0.717) is 11.3 Å². The zero-order chi connectivity index (χ0) is 15.4. The highest BCUT2D eigenvalue weighted by molar-refractivity contribution is 5.45. The molecule has 0 bridgehead atoms. The molecule has 21 heavy (non-hydrogen) atoms. The maximum Gasteiger partial charge on any atom is 0.136 e. The SMILES string of the molecule is COc1cc(CNCc2c(C)nn(C)c2C)ccc1C#N. The van der Waals surface area contributed by atoms with Crippen molar-refractivity contribution in [1.82, 2.24) is 15.1 Å². The third-order valence-electron chi connectivity index (χ3n) is 3.68. The zero-order valence-corrected chi connectivity index (χ0v) is 12.9. The Morgan fingerprint density at radius 3 is 2.67 bits per heavy atom. The summed E-state index contributed by atoms with van der Waals surface area (Å²) in [5, 5.41) is 16.8. The first-order valence-electron chi connectivity index (χ1n) is 6.83. The van der Waals surface area contributed by atoms with E-state index in [0.717, 1.165) is 24.3 Å². The summed E-state index contributed by atoms with van der Waals surface area (Å²) in [6, 6.07) is 7.74. The van der Waals surface area contributed by atoms with Crippen molar-refractivity contribution in [2.24, 2.45) is 7.05 Å². The molecule has 0 unspecified atom stereocenters. The molecule has 0 aliphatic carbocycles. The third-order valence-corrected chi connectivity index (χ3v) is 3.68. The number of aryl methyl sites for hydroxylation is 2. The van der Waals surface area contributed by atoms with Crippen molar-refractivity contribution in [3.05, 3.63) is 46.3 Å². The van der Waals surface area contributed by atoms with E-state index < -0.39 is 0 Å². The average molecular weight is 284 g/mol. The lowest BCUT2D eigenvalue weighted by Crippen LogP contribution is -2.14. The van der Waals surface area contributed by atoms with Gasteiger partial charge in [0.2, 0.25) is 0 Å². The summed E-state index contributed by atoms with van der Waals surface area (Å²) in [5.74, 6) is 0.616. The molecular weight excluding hydrogens is 264 g/mol. The number of aromatic nitrogens is 2. The van der Waals surface area contributed by atoms with Gasteiger partial charge in [-0.05, 0) is 31.5 Å². The zero-order valence-electron chi connectivity index (χ0n) is 12.9. The molecule has 0 aliphatic heterocycles. The van der Waals surface area contributed by atoms with Gasteiger partial charge in [-0.25, -0.2) is 0 Å². The lowest BCUT2D eigenvalue weighted by atomic mass is 10.1. The van der Waals surface area contributed by atoms with Gasteiger partial charge in [-0.1, -0.05) is 6.07 Å². The van der Waals surface area contributed by atoms with Gasteiger partial charge in [0.25, 0.3) is 0 Å². The van der Waals surface area contributed by atoms with Gasteiger partial charge in [0, 0.05) is 31.4 Å². The Morgan fingerprint density at radius 2 is 2.10 bits per heavy atom. The average Bonchev–Trinajstić information content (AvgIpc) is 2.73. The van der Waals surface area contributed by atoms with Crippen LogP contribution in [-0.4, -0.2) is 16.9 Å². The van der Waals surface area contributed by atoms with Crippen molar-refractivity contribution in [3.8, 4) is 11.8 Å². The summed E-state index contributed by atoms with van der Waals surface area (Å²) in [7, 11) is 3.53. The van der Waals surface area contributed by atoms with Gasteiger partial charge in [0.15, 0.2) is 0 Å². The van der Waals surface area contributed by atoms with Crippen LogP contribution in [0.15, 0.2) is 18.2 Å². The molecule has 0 aliphatic rings. The minimum Gasteiger partial charge on any atom is -0.495 e. The molecule has 0 saturated carbocycles. The number of rotatable bonds is 5. The lowest BCUT2D eigenvalue weighted by molar-refractivity contribution is 0.412. The summed E-state index contributed by atoms with van der Waals surface area (Å²) in [6.07, 6.45) is 0. The number of benzene rings is 1. The van der Waals surface area contributed by atoms with Crippen LogP contribution in [-0.2, 0) is 20.1 Å². The summed E-state index contributed by atoms with van der Waals surface area (Å²) < 4.78 is 7.12. The van der Waals surface area contributed by atoms with E-state index in [1.54, 1.807) is 13.2 Å². The van der Waals surface area contributed by atoms with Crippen molar-refractivity contribution < 1.29 is 4.74 Å². The predicted molar refractivity (Wildman–Crippen MR) is 80.9 cm³/mol. The monoisotopic (exact) mass is 284 g/mol. The molecule has 0 radical (unpaired) electrons. The fourth-order valence-corrected chi connectivity index (χ4v) is 2.34. The van der Waals surface area contributed by atoms with E-state index in [1.807, 2.05) is 30.8 Å². The first-order valence-corrected chi connectivity index (χ1v) is 6.83. The highest BCUT2D eigenvalue weighted by Gasteiger charge is 2.09. The first kappa shape index (κ1) is 15.1. The van der Waals surface area contributed by atoms with E-state index >= 15 is 0 Å². The Labute approximate surface area is 125 Å². The summed E-state index contributed by atoms with van der Waals surface area (Å²) in [5.41, 5.74) is 5.11. The number of nitrogens with zero attached hydrogens (tertiary/aromatic N) is 3. The van der Waals surface area contributed by atoms with Crippen LogP contribution in [0.4, 0.5) is 0 Å². The molecule has 5 heteroatoms. The molecule has 0 fully saturated rings. The van der Waals surface area contributed by atoms with E-state index in [1.165, 1.54) is 11.3 Å². The Morgan fingerprint density at radius 1 is 1.33 bits per heavy atom. The van der Waals surface area contributed by atoms with Crippen LogP contribution < -0.4 is 10.1 Å². The Balaban J connectivity index is 2.02. The second-order valence-corrected chi connectivity index (χ2v) is 5.02. The molecule has 0 amide bonds. The van der Waals surface area contributed by atoms with E-state index in [9.17, 15) is 0 Å². The van der Waals surface area contributed by atoms with Crippen LogP contribution in [0.5, 0.6) is 5.75 Å². The molecule has 1 N–H and O–H groups in total. The molecule has 0 spiro atoms. The highest BCUT2D eigenvalue weighted by atomic mass is 16.5. The number of nitriles is 1. The summed E-state index contributed by atoms with van der Waals surface area (Å²) in [4.78, 5) is 0. The predicted octanol–water partition coefficient (Wildman–Crippen LogP) is 2.21. The van der Waals surface area contributed by atoms with Gasteiger partial charge in [0.1, 0.15) is 11.8 Å². The molecule has 5 nitrogen and oxygen atoms in total. The van der Waals surface area contributed by atoms with Gasteiger partial charge in [-0.15, -0.1) is 0 Å². The standard InChI is InChI=1S/C16H20N4O/c1-11-15(12(2)20(3)19-11)10-18-9-13-5-6-14(8-17)16(7-13)21-4/h5-7,18H,9-10H2,1-4H3. The highest BCUT2D eigenvalue weighted by Crippen LogP contribution is 2.19. The summed E-state index contributed by atoms with van der Waals surface area (Å²) >= 11 is 0. The van der Waals surface area contributed by atoms with E-state index in [-0.39, 0.29) is 0 Å². The first-order chi connectivity index (χ1) is 10.1. The van der Waals surface area contributed by atoms with Gasteiger partial charge in [-0.2, -0.15) is 10.4 Å². The van der Waals surface area contributed by atoms with Gasteiger partial charge >= 0.3 is 0 Å². The normalized spacial score (nSPS) is 10.4. The van der Waals surface area contributed by atoms with Crippen molar-refractivity contribution in [3.63, 3.8) is 0 Å². The van der Waals surface area contributed by atoms with Gasteiger partial charge in [-0.3, -0.25) is 4.68 Å². The van der Waals surface area contributed by atoms with Crippen LogP contribution in [0.25, 0.3) is 0 Å². The third kappa shape index (κ3) is 3.23. The fraction of sp³-hybridized carbons (Fsp3) is 0.375. The molecule has 110 valence electrons. The van der Waals surface area contributed by atoms with Crippen molar-refractivity contribution in [2.45, 2.75) is 26.9 Å². The topological polar surface area (TPSA) is 62.9 Å². The van der Waals surface area contributed by atoms with Crippen LogP contribution in [0.1, 0.15) is 28.1 Å². The Hall–Kier alpha value is -2.32. The van der Waals surface area contributed by atoms with Crippen molar-refractivity contribution in [2.75, 3.05) is 7.11 Å². The molecule has 1 aromatic carbocycles. The molecule has 2 aromatic rings. The van der Waals surface area contributed by atoms with Gasteiger partial charge < -0.3 is 10.1 Å². The number of ether oxygens (including phenoxy) is 1. The number of hydrogen-bond acceptors (Lipinski definition) is 4. The van der Waals surface area contributed by atoms with Crippen LogP contribution in [0, 0.1) is 25.2 Å². The lowest BCUT2D eigenvalue weighted by Gasteiger charge is -2.08. The molecule has 0 atom stereocenters. The number of methoxy groups -OCH3 is 1. The largest absolute Gasteiger partial charge is 0.495 e. The minimum atomic E-state index is 0.556. The second-order valence-electron chi connectivity index (χ2n) is 5.02. The number of nitrogens with one attached hydrogen (secondary N) is 1. The van der Waals surface area contributed by atoms with Crippen molar-refractivity contribution >= 4 is 0 Å². The maximum absolute atomic E-state index is 8.97. The summed E-state index contributed by atoms with van der Waals surface area (Å²) in [6.45, 7) is 5.58. The molecule has 1 aromatic heterocycles. The minimum absolute atomic E-state index is 0.556. The number of hydrogen-bond donors (Lipinski definition) is 1. The Kier molecular flexibility index (Phi) is 4.61. The van der Waals surface area contributed by atoms with E-state index in [4.69, 9.17) is 10.00 Å². The van der Waals surface area contributed by atoms with Crippen LogP contribution in [0.2, 0.25) is 0 Å². The molecular formula is C16H20N4O. The van der Waals surface area contributed by atoms with Crippen molar-refractivity contribution in [1.29, 1.82) is 5.26 Å². The fourth-order valence-electron chi connectivity index (χ4n) is 2.34. The smallest absolute Gasteiger partial charge is 0.136 e. The van der Waals surface area contributed by atoms with Gasteiger partial charge in [0.05, 0.1) is 18.4 Å². The van der Waals surface area contributed by atoms with Crippen LogP contribution >= 0.6 is 0 Å².